The highest BCUT2D eigenvalue weighted by Gasteiger charge is 2.54. The molecule has 1 saturated carbocycles. The first-order valence-corrected chi connectivity index (χ1v) is 16.2. The van der Waals surface area contributed by atoms with Gasteiger partial charge in [0.25, 0.3) is 0 Å². The minimum absolute atomic E-state index is 0.108. The van der Waals surface area contributed by atoms with Crippen molar-refractivity contribution in [2.24, 2.45) is 0 Å². The number of amides is 2. The van der Waals surface area contributed by atoms with Crippen LogP contribution in [-0.2, 0) is 16.0 Å². The molecular weight excluding hydrogens is 540 g/mol. The second-order valence-corrected chi connectivity index (χ2v) is 12.9. The van der Waals surface area contributed by atoms with Gasteiger partial charge < -0.3 is 9.80 Å². The lowest BCUT2D eigenvalue weighted by atomic mass is 9.95. The lowest BCUT2D eigenvalue weighted by Crippen LogP contribution is -2.74. The molecule has 0 aromatic heterocycles. The van der Waals surface area contributed by atoms with Gasteiger partial charge >= 0.3 is 0 Å². The summed E-state index contributed by atoms with van der Waals surface area (Å²) in [6.45, 7) is 11.2. The maximum Gasteiger partial charge on any atom is 0.246 e. The Labute approximate surface area is 249 Å². The van der Waals surface area contributed by atoms with Crippen LogP contribution in [0.2, 0.25) is 5.02 Å². The van der Waals surface area contributed by atoms with Crippen LogP contribution in [0.1, 0.15) is 62.6 Å². The van der Waals surface area contributed by atoms with Crippen molar-refractivity contribution in [2.45, 2.75) is 95.4 Å². The van der Waals surface area contributed by atoms with E-state index in [1.807, 2.05) is 37.8 Å². The summed E-state index contributed by atoms with van der Waals surface area (Å²) in [6.07, 6.45) is 5.91. The molecule has 8 heteroatoms. The smallest absolute Gasteiger partial charge is 0.246 e. The largest absolute Gasteiger partial charge is 0.334 e. The molecule has 2 aromatic rings. The Balaban J connectivity index is 0.00000158. The number of hydrogen-bond donors (Lipinski definition) is 0. The zero-order chi connectivity index (χ0) is 28.4. The van der Waals surface area contributed by atoms with Crippen LogP contribution >= 0.6 is 23.5 Å². The summed E-state index contributed by atoms with van der Waals surface area (Å²) in [5.41, 5.74) is 3.40. The van der Waals surface area contributed by atoms with Crippen molar-refractivity contribution in [3.63, 3.8) is 0 Å². The molecule has 3 aliphatic heterocycles. The van der Waals surface area contributed by atoms with E-state index in [0.29, 0.717) is 25.6 Å². The van der Waals surface area contributed by atoms with Gasteiger partial charge in [-0.3, -0.25) is 14.5 Å². The van der Waals surface area contributed by atoms with E-state index in [2.05, 4.69) is 51.4 Å². The van der Waals surface area contributed by atoms with E-state index in [1.54, 1.807) is 11.9 Å². The van der Waals surface area contributed by atoms with Gasteiger partial charge in [-0.1, -0.05) is 67.8 Å². The molecule has 0 bridgehead atoms. The lowest BCUT2D eigenvalue weighted by Gasteiger charge is -2.55. The fourth-order valence-electron chi connectivity index (χ4n) is 6.31. The van der Waals surface area contributed by atoms with Gasteiger partial charge in [-0.05, 0) is 87.8 Å². The molecule has 1 aliphatic carbocycles. The van der Waals surface area contributed by atoms with Gasteiger partial charge in [0.1, 0.15) is 18.2 Å². The number of carbonyl (C=O) groups excluding carboxylic acids is 2. The number of carbonyl (C=O) groups is 2. The number of piperidine rings is 1. The molecule has 216 valence electrons. The molecule has 2 aromatic carbocycles. The Bertz CT molecular complexity index is 1220. The average molecular weight is 583 g/mol. The maximum absolute atomic E-state index is 14.3. The number of halogens is 1. The van der Waals surface area contributed by atoms with Gasteiger partial charge in [0.15, 0.2) is 0 Å². The van der Waals surface area contributed by atoms with Crippen molar-refractivity contribution in [1.29, 1.82) is 0 Å². The number of hydrogen-bond acceptors (Lipinski definition) is 5. The number of aryl methyl sites for hydroxylation is 2. The fourth-order valence-corrected chi connectivity index (χ4v) is 7.69. The summed E-state index contributed by atoms with van der Waals surface area (Å²) in [4.78, 5) is 35.7. The number of rotatable bonds is 6. The van der Waals surface area contributed by atoms with Crippen LogP contribution in [0.25, 0.3) is 0 Å². The maximum atomic E-state index is 14.3. The van der Waals surface area contributed by atoms with Crippen molar-refractivity contribution in [3.05, 3.63) is 64.2 Å². The van der Waals surface area contributed by atoms with Gasteiger partial charge in [-0.15, -0.1) is 0 Å². The van der Waals surface area contributed by atoms with E-state index >= 15 is 0 Å². The second kappa shape index (κ2) is 12.8. The van der Waals surface area contributed by atoms with Gasteiger partial charge in [-0.2, -0.15) is 0 Å². The average Bonchev–Trinajstić information content (AvgIpc) is 3.80. The first-order valence-electron chi connectivity index (χ1n) is 15.0. The summed E-state index contributed by atoms with van der Waals surface area (Å²) in [6, 6.07) is 14.1. The Kier molecular flexibility index (Phi) is 9.45. The van der Waals surface area contributed by atoms with Crippen LogP contribution in [0.5, 0.6) is 0 Å². The van der Waals surface area contributed by atoms with Crippen LogP contribution in [0, 0.1) is 13.8 Å². The molecule has 3 saturated heterocycles. The summed E-state index contributed by atoms with van der Waals surface area (Å²) in [5, 5.41) is 0.732. The van der Waals surface area contributed by atoms with Gasteiger partial charge in [0.2, 0.25) is 11.8 Å². The Morgan fingerprint density at radius 1 is 0.900 bits per heavy atom. The molecule has 6 nitrogen and oxygen atoms in total. The Morgan fingerprint density at radius 2 is 1.62 bits per heavy atom. The predicted molar refractivity (Wildman–Crippen MR) is 163 cm³/mol. The Morgan fingerprint density at radius 3 is 2.30 bits per heavy atom. The predicted octanol–water partition coefficient (Wildman–Crippen LogP) is 5.93. The number of nitrogens with zero attached hydrogens (tertiary/aromatic N) is 4. The van der Waals surface area contributed by atoms with Crippen LogP contribution in [0.4, 0.5) is 0 Å². The summed E-state index contributed by atoms with van der Waals surface area (Å²) in [5.74, 6) is 0.224. The topological polar surface area (TPSA) is 47.1 Å². The van der Waals surface area contributed by atoms with E-state index in [4.69, 9.17) is 11.6 Å². The fraction of sp³-hybridized carbons (Fsp3) is 0.562. The van der Waals surface area contributed by atoms with Gasteiger partial charge in [0, 0.05) is 23.9 Å². The van der Waals surface area contributed by atoms with E-state index in [-0.39, 0.29) is 24.0 Å². The molecule has 3 heterocycles. The minimum Gasteiger partial charge on any atom is -0.334 e. The molecule has 40 heavy (non-hydrogen) atoms. The lowest BCUT2D eigenvalue weighted by molar-refractivity contribution is -0.170. The standard InChI is InChI=1S/C30H37ClN4O2S.C2H6/c1-20-7-6-8-22(15-20)17-25-29(36)33(23-10-11-23)19-28-34(38-27-12-9-21(2)16-24(27)31)18-26(30(37)35(25)28)32-13-4-3-5-14-32;1-2/h6-9,12,15-16,23,25-26,28H,3-5,10-11,13-14,17-19H2,1-2H3;1-2H3. The molecule has 6 rings (SSSR count). The third-order valence-corrected chi connectivity index (χ3v) is 10.0. The normalized spacial score (nSPS) is 25.9. The van der Waals surface area contributed by atoms with Crippen LogP contribution in [-0.4, -0.2) is 81.3 Å². The highest BCUT2D eigenvalue weighted by atomic mass is 35.5. The van der Waals surface area contributed by atoms with E-state index in [1.165, 1.54) is 12.0 Å². The molecule has 0 N–H and O–H groups in total. The number of benzene rings is 2. The third kappa shape index (κ3) is 6.23. The quantitative estimate of drug-likeness (QED) is 0.395. The van der Waals surface area contributed by atoms with Crippen LogP contribution in [0.3, 0.4) is 0 Å². The molecule has 2 amide bonds. The van der Waals surface area contributed by atoms with Gasteiger partial charge in [-0.25, -0.2) is 4.31 Å². The summed E-state index contributed by atoms with van der Waals surface area (Å²) < 4.78 is 2.35. The molecule has 4 fully saturated rings. The van der Waals surface area contributed by atoms with E-state index in [0.717, 1.165) is 59.8 Å². The van der Waals surface area contributed by atoms with Crippen molar-refractivity contribution in [2.75, 3.05) is 26.2 Å². The molecule has 0 spiro atoms. The molecule has 3 atom stereocenters. The van der Waals surface area contributed by atoms with E-state index in [9.17, 15) is 9.59 Å². The van der Waals surface area contributed by atoms with Crippen molar-refractivity contribution >= 4 is 35.4 Å². The monoisotopic (exact) mass is 582 g/mol. The van der Waals surface area contributed by atoms with Crippen molar-refractivity contribution in [1.82, 2.24) is 19.0 Å². The number of piperazine rings is 1. The summed E-state index contributed by atoms with van der Waals surface area (Å²) >= 11 is 8.34. The molecule has 3 unspecified atom stereocenters. The first kappa shape index (κ1) is 29.4. The van der Waals surface area contributed by atoms with Crippen molar-refractivity contribution in [3.8, 4) is 0 Å². The minimum atomic E-state index is -0.493. The zero-order valence-electron chi connectivity index (χ0n) is 24.3. The molecule has 4 aliphatic rings. The zero-order valence-corrected chi connectivity index (χ0v) is 25.9. The number of fused-ring (bicyclic) bond motifs is 1. The van der Waals surface area contributed by atoms with Gasteiger partial charge in [0.05, 0.1) is 11.6 Å². The Hall–Kier alpha value is -2.06. The van der Waals surface area contributed by atoms with Crippen LogP contribution in [0.15, 0.2) is 47.4 Å². The summed E-state index contributed by atoms with van der Waals surface area (Å²) in [7, 11) is 0. The first-order chi connectivity index (χ1) is 19.4. The second-order valence-electron chi connectivity index (χ2n) is 11.4. The third-order valence-electron chi connectivity index (χ3n) is 8.44. The molecule has 0 radical (unpaired) electrons. The highest BCUT2D eigenvalue weighted by Crippen LogP contribution is 2.40. The number of likely N-dealkylation sites (tertiary alicyclic amines) is 1. The van der Waals surface area contributed by atoms with E-state index < -0.39 is 6.04 Å². The van der Waals surface area contributed by atoms with Crippen molar-refractivity contribution < 1.29 is 9.59 Å². The SMILES string of the molecule is CC.Cc1cccc(CC2C(=O)N(C3CC3)CC3N(Sc4ccc(C)cc4Cl)CC(N4CCCCC4)C(=O)N23)c1. The molecular formula is C32H43ClN4O2S. The van der Waals surface area contributed by atoms with Crippen LogP contribution < -0.4 is 0 Å². The highest BCUT2D eigenvalue weighted by molar-refractivity contribution is 7.97.